The third-order valence-corrected chi connectivity index (χ3v) is 11.6. The zero-order valence-electron chi connectivity index (χ0n) is 32.4. The van der Waals surface area contributed by atoms with E-state index in [-0.39, 0.29) is 24.7 Å². The van der Waals surface area contributed by atoms with E-state index in [9.17, 15) is 19.7 Å². The van der Waals surface area contributed by atoms with Gasteiger partial charge in [-0.2, -0.15) is 10.5 Å². The molecule has 0 unspecified atom stereocenters. The van der Waals surface area contributed by atoms with Crippen molar-refractivity contribution in [3.63, 3.8) is 0 Å². The van der Waals surface area contributed by atoms with Crippen LogP contribution < -0.4 is 24.8 Å². The summed E-state index contributed by atoms with van der Waals surface area (Å²) in [6.07, 6.45) is 5.45. The molecule has 2 heterocycles. The van der Waals surface area contributed by atoms with E-state index in [0.29, 0.717) is 65.8 Å². The van der Waals surface area contributed by atoms with Crippen molar-refractivity contribution in [3.05, 3.63) is 111 Å². The first-order valence-corrected chi connectivity index (χ1v) is 20.5. The van der Waals surface area contributed by atoms with Gasteiger partial charge in [0.25, 0.3) is 0 Å². The number of benzene rings is 4. The van der Waals surface area contributed by atoms with Crippen molar-refractivity contribution >= 4 is 17.5 Å². The van der Waals surface area contributed by atoms with Crippen molar-refractivity contribution in [1.29, 1.82) is 10.5 Å². The van der Waals surface area contributed by atoms with Gasteiger partial charge in [-0.15, -0.1) is 0 Å². The molecule has 2 N–H and O–H groups in total. The quantitative estimate of drug-likeness (QED) is 0.122. The predicted molar refractivity (Wildman–Crippen MR) is 218 cm³/mol. The van der Waals surface area contributed by atoms with Gasteiger partial charge in [0, 0.05) is 44.4 Å². The lowest BCUT2D eigenvalue weighted by Crippen LogP contribution is -2.42. The van der Waals surface area contributed by atoms with Crippen molar-refractivity contribution in [2.45, 2.75) is 89.8 Å². The molecule has 296 valence electrons. The Morgan fingerprint density at radius 3 is 2.47 bits per heavy atom. The summed E-state index contributed by atoms with van der Waals surface area (Å²) in [4.78, 5) is 15.0. The molecule has 57 heavy (non-hydrogen) atoms. The summed E-state index contributed by atoms with van der Waals surface area (Å²) in [6.45, 7) is 6.38. The highest BCUT2D eigenvalue weighted by atomic mass is 35.5. The summed E-state index contributed by atoms with van der Waals surface area (Å²) in [6, 6.07) is 25.1. The number of nitrogens with zero attached hydrogens (tertiary/aromatic N) is 3. The lowest BCUT2D eigenvalue weighted by Gasteiger charge is -2.28. The number of alkyl halides is 1. The highest BCUT2D eigenvalue weighted by Crippen LogP contribution is 2.44. The van der Waals surface area contributed by atoms with Crippen LogP contribution in [0.2, 0.25) is 5.02 Å². The summed E-state index contributed by atoms with van der Waals surface area (Å²) in [7, 11) is 0. The van der Waals surface area contributed by atoms with Gasteiger partial charge in [-0.25, -0.2) is 4.39 Å². The topological polar surface area (TPSA) is 120 Å². The number of fused-ring (bicyclic) bond motifs is 1. The van der Waals surface area contributed by atoms with Crippen molar-refractivity contribution in [2.75, 3.05) is 32.8 Å². The average Bonchev–Trinajstić information content (AvgIpc) is 3.52. The van der Waals surface area contributed by atoms with Crippen LogP contribution in [0.1, 0.15) is 90.0 Å². The van der Waals surface area contributed by atoms with Crippen LogP contribution in [0, 0.1) is 29.6 Å². The molecule has 0 aromatic heterocycles. The number of hydrogen-bond acceptors (Lipinski definition) is 8. The van der Waals surface area contributed by atoms with Gasteiger partial charge in [0.2, 0.25) is 5.91 Å². The van der Waals surface area contributed by atoms with Crippen LogP contribution in [0.15, 0.2) is 66.7 Å². The molecule has 1 amide bonds. The number of piperidine rings is 1. The summed E-state index contributed by atoms with van der Waals surface area (Å²) >= 11 is 6.96. The van der Waals surface area contributed by atoms with E-state index >= 15 is 0 Å². The average molecular weight is 790 g/mol. The number of nitrogens with one attached hydrogen (secondary N) is 2. The van der Waals surface area contributed by atoms with E-state index in [4.69, 9.17) is 25.8 Å². The van der Waals surface area contributed by atoms with Crippen LogP contribution in [-0.2, 0) is 24.4 Å². The lowest BCUT2D eigenvalue weighted by molar-refractivity contribution is -0.122. The summed E-state index contributed by atoms with van der Waals surface area (Å²) < 4.78 is 32.9. The Balaban J connectivity index is 1.08. The molecular formula is C46H49ClFN5O4. The molecular weight excluding hydrogens is 741 g/mol. The number of carbonyl (C=O) groups is 1. The van der Waals surface area contributed by atoms with Gasteiger partial charge in [0.05, 0.1) is 40.9 Å². The van der Waals surface area contributed by atoms with Crippen LogP contribution in [0.4, 0.5) is 4.39 Å². The Morgan fingerprint density at radius 2 is 1.68 bits per heavy atom. The molecule has 2 saturated heterocycles. The summed E-state index contributed by atoms with van der Waals surface area (Å²) in [5.41, 5.74) is 7.92. The van der Waals surface area contributed by atoms with Gasteiger partial charge in [-0.3, -0.25) is 4.79 Å². The zero-order chi connectivity index (χ0) is 39.7. The number of ether oxygens (including phenoxy) is 3. The van der Waals surface area contributed by atoms with Gasteiger partial charge in [0.1, 0.15) is 36.1 Å². The van der Waals surface area contributed by atoms with E-state index < -0.39 is 6.17 Å². The smallest absolute Gasteiger partial charge is 0.237 e. The molecule has 0 radical (unpaired) electrons. The van der Waals surface area contributed by atoms with Crippen LogP contribution in [0.3, 0.4) is 0 Å². The molecule has 2 aliphatic heterocycles. The molecule has 4 aromatic rings. The standard InChI is InChI=1S/C46H49ClFN5O4/c1-30-36(7-5-11-42(30)55-20-6-17-53-18-14-35(48)15-19-53)37-8-4-9-39-38(37)12-13-43(39)57-45-25-44(56-29-33-22-31(26-49)21-32(23-33)27-50)34(24-40(45)47)28-52-41-10-2-3-16-51-46(41)54/h4-5,7-9,11,21-25,35,41,43,52H,2-3,6,10,12-20,28-29H2,1H3,(H,51,54)/t41-,43-/m0/s1. The molecule has 0 spiro atoms. The Kier molecular flexibility index (Phi) is 13.3. The third kappa shape index (κ3) is 9.88. The minimum absolute atomic E-state index is 0.0188. The lowest BCUT2D eigenvalue weighted by atomic mass is 9.93. The number of rotatable bonds is 14. The maximum absolute atomic E-state index is 13.5. The highest BCUT2D eigenvalue weighted by Gasteiger charge is 2.29. The Hall–Kier alpha value is -5.13. The van der Waals surface area contributed by atoms with Crippen molar-refractivity contribution < 1.29 is 23.4 Å². The summed E-state index contributed by atoms with van der Waals surface area (Å²) in [5, 5.41) is 25.8. The fourth-order valence-electron chi connectivity index (χ4n) is 8.17. The van der Waals surface area contributed by atoms with Gasteiger partial charge >= 0.3 is 0 Å². The second-order valence-electron chi connectivity index (χ2n) is 15.2. The number of halogens is 2. The molecule has 9 nitrogen and oxygen atoms in total. The number of amides is 1. The first-order chi connectivity index (χ1) is 27.8. The fourth-order valence-corrected chi connectivity index (χ4v) is 8.40. The first-order valence-electron chi connectivity index (χ1n) is 20.1. The van der Waals surface area contributed by atoms with Gasteiger partial charge in [-0.05, 0) is 122 Å². The van der Waals surface area contributed by atoms with Crippen LogP contribution >= 0.6 is 11.6 Å². The van der Waals surface area contributed by atoms with E-state index in [1.165, 1.54) is 5.56 Å². The largest absolute Gasteiger partial charge is 0.493 e. The first kappa shape index (κ1) is 40.1. The second kappa shape index (κ2) is 18.9. The van der Waals surface area contributed by atoms with Gasteiger partial charge in [0.15, 0.2) is 0 Å². The third-order valence-electron chi connectivity index (χ3n) is 11.3. The molecule has 2 fully saturated rings. The minimum atomic E-state index is -0.662. The van der Waals surface area contributed by atoms with Crippen molar-refractivity contribution in [3.8, 4) is 40.5 Å². The normalized spacial score (nSPS) is 18.5. The van der Waals surface area contributed by atoms with E-state index in [2.05, 4.69) is 58.9 Å². The molecule has 0 saturated carbocycles. The number of likely N-dealkylation sites (tertiary alicyclic amines) is 1. The number of nitriles is 2. The van der Waals surface area contributed by atoms with Gasteiger partial charge < -0.3 is 29.7 Å². The minimum Gasteiger partial charge on any atom is -0.493 e. The van der Waals surface area contributed by atoms with Crippen LogP contribution in [0.25, 0.3) is 11.1 Å². The Bertz CT molecular complexity index is 2130. The highest BCUT2D eigenvalue weighted by molar-refractivity contribution is 6.32. The number of carbonyl (C=O) groups excluding carboxylic acids is 1. The molecule has 1 aliphatic carbocycles. The van der Waals surface area contributed by atoms with E-state index in [0.717, 1.165) is 91.7 Å². The van der Waals surface area contributed by atoms with Crippen molar-refractivity contribution in [2.24, 2.45) is 0 Å². The monoisotopic (exact) mass is 789 g/mol. The molecule has 3 aliphatic rings. The predicted octanol–water partition coefficient (Wildman–Crippen LogP) is 8.67. The maximum atomic E-state index is 13.5. The molecule has 0 bridgehead atoms. The van der Waals surface area contributed by atoms with Crippen molar-refractivity contribution in [1.82, 2.24) is 15.5 Å². The molecule has 11 heteroatoms. The Labute approximate surface area is 339 Å². The van der Waals surface area contributed by atoms with E-state index in [1.54, 1.807) is 18.2 Å². The fraction of sp³-hybridized carbons (Fsp3) is 0.413. The number of hydrogen-bond donors (Lipinski definition) is 2. The van der Waals surface area contributed by atoms with Crippen LogP contribution in [0.5, 0.6) is 17.2 Å². The zero-order valence-corrected chi connectivity index (χ0v) is 33.2. The van der Waals surface area contributed by atoms with Gasteiger partial charge in [-0.1, -0.05) is 41.9 Å². The molecule has 2 atom stereocenters. The van der Waals surface area contributed by atoms with Crippen LogP contribution in [-0.4, -0.2) is 55.8 Å². The maximum Gasteiger partial charge on any atom is 0.237 e. The molecule has 4 aromatic carbocycles. The van der Waals surface area contributed by atoms with E-state index in [1.807, 2.05) is 24.3 Å². The Morgan fingerprint density at radius 1 is 0.912 bits per heavy atom. The SMILES string of the molecule is Cc1c(OCCCN2CCC(F)CC2)cccc1-c1cccc2c1CC[C@@H]2Oc1cc(OCc2cc(C#N)cc(C#N)c2)c(CN[C@H]2CCCCNC2=O)cc1Cl. The molecule has 7 rings (SSSR count). The summed E-state index contributed by atoms with van der Waals surface area (Å²) in [5.74, 6) is 1.86. The second-order valence-corrected chi connectivity index (χ2v) is 15.6.